The van der Waals surface area contributed by atoms with Gasteiger partial charge in [-0.25, -0.2) is 5.06 Å². The number of amides is 1. The lowest BCUT2D eigenvalue weighted by Gasteiger charge is -2.11. The zero-order valence-electron chi connectivity index (χ0n) is 10.4. The molecule has 3 nitrogen and oxygen atoms in total. The molecule has 1 aromatic rings. The summed E-state index contributed by atoms with van der Waals surface area (Å²) in [5, 5.41) is 11.1. The van der Waals surface area contributed by atoms with Gasteiger partial charge in [0.1, 0.15) is 0 Å². The van der Waals surface area contributed by atoms with Crippen LogP contribution in [0.15, 0.2) is 36.9 Å². The Morgan fingerprint density at radius 3 is 2.79 bits per heavy atom. The van der Waals surface area contributed by atoms with Gasteiger partial charge in [-0.2, -0.15) is 0 Å². The molecule has 0 radical (unpaired) electrons. The average molecular weight is 300 g/mol. The second kappa shape index (κ2) is 8.00. The Bertz CT molecular complexity index is 486. The molecule has 1 aromatic carbocycles. The maximum atomic E-state index is 11.6. The highest BCUT2D eigenvalue weighted by molar-refractivity contribution is 6.35. The lowest BCUT2D eigenvalue weighted by molar-refractivity contribution is -0.159. The number of rotatable bonds is 6. The van der Waals surface area contributed by atoms with Crippen molar-refractivity contribution in [3.63, 3.8) is 0 Å². The third-order valence-corrected chi connectivity index (χ3v) is 2.96. The van der Waals surface area contributed by atoms with Crippen molar-refractivity contribution in [2.24, 2.45) is 0 Å². The summed E-state index contributed by atoms with van der Waals surface area (Å²) in [4.78, 5) is 11.6. The fourth-order valence-corrected chi connectivity index (χ4v) is 1.85. The molecule has 1 amide bonds. The van der Waals surface area contributed by atoms with Crippen LogP contribution in [0.5, 0.6) is 0 Å². The van der Waals surface area contributed by atoms with Gasteiger partial charge < -0.3 is 0 Å². The minimum absolute atomic E-state index is 0.267. The van der Waals surface area contributed by atoms with Crippen LogP contribution in [0.2, 0.25) is 10.0 Å². The molecule has 0 aliphatic heterocycles. The number of hydrogen-bond acceptors (Lipinski definition) is 2. The molecule has 0 aliphatic carbocycles. The highest BCUT2D eigenvalue weighted by atomic mass is 35.5. The van der Waals surface area contributed by atoms with Crippen LogP contribution >= 0.6 is 23.2 Å². The van der Waals surface area contributed by atoms with E-state index in [9.17, 15) is 10.0 Å². The van der Waals surface area contributed by atoms with Gasteiger partial charge >= 0.3 is 0 Å². The first kappa shape index (κ1) is 15.8. The van der Waals surface area contributed by atoms with Crippen molar-refractivity contribution in [1.82, 2.24) is 5.06 Å². The van der Waals surface area contributed by atoms with E-state index >= 15 is 0 Å². The number of nitrogens with zero attached hydrogens (tertiary/aromatic N) is 1. The first-order chi connectivity index (χ1) is 9.04. The van der Waals surface area contributed by atoms with Crippen molar-refractivity contribution < 1.29 is 10.0 Å². The van der Waals surface area contributed by atoms with E-state index in [0.29, 0.717) is 27.1 Å². The first-order valence-electron chi connectivity index (χ1n) is 5.79. The highest BCUT2D eigenvalue weighted by Crippen LogP contribution is 2.21. The van der Waals surface area contributed by atoms with Crippen molar-refractivity contribution in [3.05, 3.63) is 52.5 Å². The molecule has 0 unspecified atom stereocenters. The van der Waals surface area contributed by atoms with Gasteiger partial charge in [0.25, 0.3) is 5.91 Å². The molecule has 0 aliphatic rings. The number of unbranched alkanes of at least 4 members (excludes halogenated alkanes) is 1. The Balaban J connectivity index is 2.59. The lowest BCUT2D eigenvalue weighted by Crippen LogP contribution is -2.26. The predicted octanol–water partition coefficient (Wildman–Crippen LogP) is 4.19. The van der Waals surface area contributed by atoms with Gasteiger partial charge in [0, 0.05) is 22.7 Å². The Hall–Kier alpha value is -1.29. The van der Waals surface area contributed by atoms with Crippen LogP contribution in [0, 0.1) is 0 Å². The molecule has 102 valence electrons. The number of halogens is 2. The van der Waals surface area contributed by atoms with Crippen molar-refractivity contribution in [3.8, 4) is 0 Å². The van der Waals surface area contributed by atoms with Crippen molar-refractivity contribution in [2.45, 2.75) is 12.8 Å². The van der Waals surface area contributed by atoms with Crippen LogP contribution < -0.4 is 0 Å². The molecule has 1 N–H and O–H groups in total. The summed E-state index contributed by atoms with van der Waals surface area (Å²) >= 11 is 11.7. The quantitative estimate of drug-likeness (QED) is 0.281. The minimum atomic E-state index is -0.491. The molecule has 0 saturated heterocycles. The van der Waals surface area contributed by atoms with Gasteiger partial charge in [0.05, 0.1) is 0 Å². The van der Waals surface area contributed by atoms with Crippen molar-refractivity contribution in [2.75, 3.05) is 6.54 Å². The van der Waals surface area contributed by atoms with Gasteiger partial charge in [-0.1, -0.05) is 35.3 Å². The Kier molecular flexibility index (Phi) is 6.64. The lowest BCUT2D eigenvalue weighted by atomic mass is 10.2. The smallest absolute Gasteiger partial charge is 0.269 e. The molecule has 0 saturated carbocycles. The summed E-state index contributed by atoms with van der Waals surface area (Å²) in [6.07, 6.45) is 5.96. The maximum Gasteiger partial charge on any atom is 0.269 e. The molecule has 0 spiro atoms. The summed E-state index contributed by atoms with van der Waals surface area (Å²) < 4.78 is 0. The van der Waals surface area contributed by atoms with Crippen LogP contribution in [-0.4, -0.2) is 22.7 Å². The number of carbonyl (C=O) groups excluding carboxylic acids is 1. The number of allylic oxidation sites excluding steroid dienone is 1. The van der Waals surface area contributed by atoms with Gasteiger partial charge in [0.15, 0.2) is 0 Å². The molecule has 0 atom stereocenters. The minimum Gasteiger partial charge on any atom is -0.286 e. The molecular weight excluding hydrogens is 285 g/mol. The van der Waals surface area contributed by atoms with Crippen LogP contribution in [0.25, 0.3) is 6.08 Å². The van der Waals surface area contributed by atoms with E-state index in [1.807, 2.05) is 0 Å². The van der Waals surface area contributed by atoms with E-state index < -0.39 is 5.91 Å². The summed E-state index contributed by atoms with van der Waals surface area (Å²) in [7, 11) is 0. The van der Waals surface area contributed by atoms with Gasteiger partial charge in [-0.05, 0) is 36.6 Å². The maximum absolute atomic E-state index is 11.6. The molecule has 5 heteroatoms. The van der Waals surface area contributed by atoms with E-state index in [1.165, 1.54) is 12.2 Å². The summed E-state index contributed by atoms with van der Waals surface area (Å²) in [5.41, 5.74) is 0.666. The first-order valence-corrected chi connectivity index (χ1v) is 6.54. The number of carbonyl (C=O) groups is 1. The van der Waals surface area contributed by atoms with Crippen LogP contribution in [-0.2, 0) is 4.79 Å². The topological polar surface area (TPSA) is 40.5 Å². The zero-order chi connectivity index (χ0) is 14.3. The third-order valence-electron chi connectivity index (χ3n) is 2.40. The largest absolute Gasteiger partial charge is 0.286 e. The SMILES string of the molecule is C=CCCCN(O)C(=O)/C=C/c1ccc(Cl)cc1Cl. The van der Waals surface area contributed by atoms with E-state index in [2.05, 4.69) is 6.58 Å². The van der Waals surface area contributed by atoms with E-state index in [-0.39, 0.29) is 6.54 Å². The number of hydroxylamine groups is 2. The average Bonchev–Trinajstić information content (AvgIpc) is 2.37. The number of benzene rings is 1. The monoisotopic (exact) mass is 299 g/mol. The van der Waals surface area contributed by atoms with Gasteiger partial charge in [-0.15, -0.1) is 6.58 Å². The van der Waals surface area contributed by atoms with Crippen molar-refractivity contribution >= 4 is 35.2 Å². The van der Waals surface area contributed by atoms with Crippen molar-refractivity contribution in [1.29, 1.82) is 0 Å². The number of hydrogen-bond donors (Lipinski definition) is 1. The summed E-state index contributed by atoms with van der Waals surface area (Å²) in [6, 6.07) is 4.97. The fraction of sp³-hybridized carbons (Fsp3) is 0.214. The molecule has 1 rings (SSSR count). The second-order valence-electron chi connectivity index (χ2n) is 3.89. The highest BCUT2D eigenvalue weighted by Gasteiger charge is 2.06. The molecule has 0 aromatic heterocycles. The summed E-state index contributed by atoms with van der Waals surface area (Å²) in [6.45, 7) is 3.84. The fourth-order valence-electron chi connectivity index (χ4n) is 1.38. The normalized spacial score (nSPS) is 10.7. The summed E-state index contributed by atoms with van der Waals surface area (Å²) in [5.74, 6) is -0.491. The van der Waals surface area contributed by atoms with Crippen LogP contribution in [0.3, 0.4) is 0 Å². The zero-order valence-corrected chi connectivity index (χ0v) is 11.9. The van der Waals surface area contributed by atoms with E-state index in [4.69, 9.17) is 23.2 Å². The second-order valence-corrected chi connectivity index (χ2v) is 4.74. The molecule has 19 heavy (non-hydrogen) atoms. The van der Waals surface area contributed by atoms with Gasteiger partial charge in [-0.3, -0.25) is 10.0 Å². The standard InChI is InChI=1S/C14H15Cl2NO2/c1-2-3-4-9-17(19)14(18)8-6-11-5-7-12(15)10-13(11)16/h2,5-8,10,19H,1,3-4,9H2/b8-6+. The Labute approximate surface area is 122 Å². The Morgan fingerprint density at radius 1 is 1.42 bits per heavy atom. The van der Waals surface area contributed by atoms with Gasteiger partial charge in [0.2, 0.25) is 0 Å². The molecule has 0 heterocycles. The molecule has 0 bridgehead atoms. The predicted molar refractivity (Wildman–Crippen MR) is 78.4 cm³/mol. The van der Waals surface area contributed by atoms with E-state index in [1.54, 1.807) is 24.3 Å². The van der Waals surface area contributed by atoms with Crippen LogP contribution in [0.4, 0.5) is 0 Å². The third kappa shape index (κ3) is 5.47. The van der Waals surface area contributed by atoms with Crippen LogP contribution in [0.1, 0.15) is 18.4 Å². The van der Waals surface area contributed by atoms with E-state index in [0.717, 1.165) is 6.42 Å². The molecular formula is C14H15Cl2NO2. The Morgan fingerprint density at radius 2 is 2.16 bits per heavy atom. The molecule has 0 fully saturated rings.